The molecule has 2 aliphatic carbocycles. The Labute approximate surface area is 249 Å². The average Bonchev–Trinajstić information content (AvgIpc) is 3.13. The number of thioether (sulfide) groups is 1. The molecule has 0 bridgehead atoms. The number of hydrogen-bond donors (Lipinski definition) is 0. The molecule has 0 aromatic rings. The zero-order valence-corrected chi connectivity index (χ0v) is 29.8. The van der Waals surface area contributed by atoms with E-state index in [2.05, 4.69) is 73.7 Å². The summed E-state index contributed by atoms with van der Waals surface area (Å²) in [5.74, 6) is 3.73. The Morgan fingerprint density at radius 1 is 0.861 bits per heavy atom. The molecule has 212 valence electrons. The van der Waals surface area contributed by atoms with Gasteiger partial charge in [-0.2, -0.15) is 11.8 Å². The van der Waals surface area contributed by atoms with Gasteiger partial charge in [-0.25, -0.2) is 0 Å². The van der Waals surface area contributed by atoms with Crippen LogP contribution in [0.4, 0.5) is 0 Å². The van der Waals surface area contributed by atoms with Crippen LogP contribution < -0.4 is 0 Å². The summed E-state index contributed by atoms with van der Waals surface area (Å²) < 4.78 is 5.93. The molecule has 3 fully saturated rings. The standard InChI is InChI=1S/C28H54NOSSi.3CH3.Ti/c1-20-21(2)26(25-24(20)22-16-12-13-17-23(22)31-25)32(9,29-27(3,4)5)19-15-11-10-14-18-30-28(6,7)8;;;;/h20-26H,10-19H2,1-9H3;3*1H3;/q4*-1;+4. The van der Waals surface area contributed by atoms with Gasteiger partial charge < -0.3 is 32.0 Å². The molecule has 0 aromatic heterocycles. The molecule has 3 aliphatic rings. The first-order valence-electron chi connectivity index (χ1n) is 13.9. The molecule has 8 atom stereocenters. The maximum Gasteiger partial charge on any atom is 4.00 e. The number of unbranched alkanes of at least 4 members (excludes halogenated alkanes) is 3. The van der Waals surface area contributed by atoms with Gasteiger partial charge in [-0.15, -0.1) is 5.54 Å². The maximum absolute atomic E-state index is 5.93. The van der Waals surface area contributed by atoms with Gasteiger partial charge in [-0.05, 0) is 69.2 Å². The molecule has 2 saturated carbocycles. The van der Waals surface area contributed by atoms with Gasteiger partial charge in [0.15, 0.2) is 0 Å². The van der Waals surface area contributed by atoms with Crippen molar-refractivity contribution in [3.8, 4) is 0 Å². The summed E-state index contributed by atoms with van der Waals surface area (Å²) in [6.45, 7) is 22.3. The second kappa shape index (κ2) is 15.8. The molecule has 8 unspecified atom stereocenters. The first kappa shape index (κ1) is 39.3. The van der Waals surface area contributed by atoms with Crippen LogP contribution in [0.2, 0.25) is 18.1 Å². The van der Waals surface area contributed by atoms with E-state index in [1.807, 2.05) is 0 Å². The van der Waals surface area contributed by atoms with E-state index in [-0.39, 0.29) is 55.1 Å². The zero-order valence-electron chi connectivity index (χ0n) is 26.4. The Bertz CT molecular complexity index is 606. The topological polar surface area (TPSA) is 23.3 Å². The first-order chi connectivity index (χ1) is 14.8. The van der Waals surface area contributed by atoms with E-state index in [0.717, 1.165) is 46.3 Å². The van der Waals surface area contributed by atoms with Crippen LogP contribution in [-0.4, -0.2) is 36.5 Å². The second-order valence-electron chi connectivity index (χ2n) is 13.7. The third-order valence-electron chi connectivity index (χ3n) is 8.74. The minimum atomic E-state index is -1.73. The van der Waals surface area contributed by atoms with E-state index in [1.165, 1.54) is 57.4 Å². The largest absolute Gasteiger partial charge is 4.00 e. The third kappa shape index (κ3) is 9.99. The smallest absolute Gasteiger partial charge is 0.659 e. The molecule has 1 heterocycles. The molecule has 0 N–H and O–H groups in total. The van der Waals surface area contributed by atoms with Crippen LogP contribution in [0.1, 0.15) is 107 Å². The predicted molar refractivity (Wildman–Crippen MR) is 166 cm³/mol. The van der Waals surface area contributed by atoms with Gasteiger partial charge in [0, 0.05) is 17.1 Å². The van der Waals surface area contributed by atoms with E-state index >= 15 is 0 Å². The summed E-state index contributed by atoms with van der Waals surface area (Å²) in [7, 11) is -1.73. The SMILES string of the molecule is CC1C(C)C([Si](C)(CCCCCCOC(C)(C)C)[N-]C(C)(C)C)C2SC3CCCCC3C12.[CH3-].[CH3-].[CH3-].[Ti+4]. The van der Waals surface area contributed by atoms with Crippen LogP contribution in [0.15, 0.2) is 0 Å². The summed E-state index contributed by atoms with van der Waals surface area (Å²) >= 11 is 2.44. The molecule has 0 spiro atoms. The van der Waals surface area contributed by atoms with Gasteiger partial charge in [0.05, 0.1) is 5.60 Å². The fourth-order valence-corrected chi connectivity index (χ4v) is 16.4. The Kier molecular flexibility index (Phi) is 17.3. The molecule has 3 rings (SSSR count). The van der Waals surface area contributed by atoms with Crippen LogP contribution in [0.25, 0.3) is 4.98 Å². The fraction of sp³-hybridized carbons (Fsp3) is 0.903. The third-order valence-corrected chi connectivity index (χ3v) is 15.7. The molecule has 0 amide bonds. The molecule has 2 nitrogen and oxygen atoms in total. The Balaban J connectivity index is 0. The van der Waals surface area contributed by atoms with Crippen molar-refractivity contribution in [2.24, 2.45) is 23.7 Å². The van der Waals surface area contributed by atoms with E-state index in [4.69, 9.17) is 9.72 Å². The summed E-state index contributed by atoms with van der Waals surface area (Å²) in [6, 6.07) is 1.39. The van der Waals surface area contributed by atoms with Crippen molar-refractivity contribution in [2.75, 3.05) is 6.61 Å². The maximum atomic E-state index is 5.93. The van der Waals surface area contributed by atoms with Crippen LogP contribution in [0, 0.1) is 46.0 Å². The van der Waals surface area contributed by atoms with Gasteiger partial charge in [-0.1, -0.05) is 87.5 Å². The Morgan fingerprint density at radius 3 is 2.03 bits per heavy atom. The van der Waals surface area contributed by atoms with Crippen LogP contribution in [-0.2, 0) is 26.5 Å². The van der Waals surface area contributed by atoms with Crippen molar-refractivity contribution in [3.63, 3.8) is 0 Å². The number of ether oxygens (including phenoxy) is 1. The van der Waals surface area contributed by atoms with Crippen molar-refractivity contribution in [1.82, 2.24) is 0 Å². The predicted octanol–water partition coefficient (Wildman–Crippen LogP) is 10.4. The normalized spacial score (nSPS) is 33.1. The summed E-state index contributed by atoms with van der Waals surface area (Å²) in [5.41, 5.74) is 0.971. The molecule has 36 heavy (non-hydrogen) atoms. The summed E-state index contributed by atoms with van der Waals surface area (Å²) in [5, 5.41) is 1.86. The van der Waals surface area contributed by atoms with E-state index in [9.17, 15) is 0 Å². The number of fused-ring (bicyclic) bond motifs is 3. The number of hydrogen-bond acceptors (Lipinski definition) is 2. The Morgan fingerprint density at radius 2 is 1.44 bits per heavy atom. The van der Waals surface area contributed by atoms with Gasteiger partial charge in [0.1, 0.15) is 0 Å². The molecule has 5 heteroatoms. The molecular weight excluding hydrogens is 510 g/mol. The molecule has 0 radical (unpaired) electrons. The molecule has 1 aliphatic heterocycles. The number of rotatable bonds is 9. The van der Waals surface area contributed by atoms with Crippen molar-refractivity contribution >= 4 is 20.0 Å². The number of nitrogens with zero attached hydrogens (tertiary/aromatic N) is 1. The monoisotopic (exact) mass is 573 g/mol. The zero-order chi connectivity index (χ0) is 23.7. The minimum Gasteiger partial charge on any atom is -0.659 e. The van der Waals surface area contributed by atoms with Crippen molar-refractivity contribution in [3.05, 3.63) is 27.3 Å². The fourth-order valence-electron chi connectivity index (χ4n) is 7.56. The van der Waals surface area contributed by atoms with Crippen molar-refractivity contribution in [2.45, 2.75) is 147 Å². The molecule has 0 aromatic carbocycles. The van der Waals surface area contributed by atoms with Gasteiger partial charge in [-0.3, -0.25) is 0 Å². The molecular formula is C31H63NOSSiTi. The van der Waals surface area contributed by atoms with Crippen LogP contribution >= 0.6 is 11.8 Å². The second-order valence-corrected chi connectivity index (χ2v) is 19.2. The van der Waals surface area contributed by atoms with Crippen LogP contribution in [0.3, 0.4) is 0 Å². The van der Waals surface area contributed by atoms with Gasteiger partial charge >= 0.3 is 21.7 Å². The average molecular weight is 574 g/mol. The van der Waals surface area contributed by atoms with E-state index in [1.54, 1.807) is 0 Å². The van der Waals surface area contributed by atoms with E-state index < -0.39 is 8.24 Å². The van der Waals surface area contributed by atoms with Gasteiger partial charge in [0.25, 0.3) is 0 Å². The summed E-state index contributed by atoms with van der Waals surface area (Å²) in [6.07, 6.45) is 11.2. The molecule has 1 saturated heterocycles. The quantitative estimate of drug-likeness (QED) is 0.156. The minimum absolute atomic E-state index is 0. The van der Waals surface area contributed by atoms with Crippen LogP contribution in [0.5, 0.6) is 0 Å². The summed E-state index contributed by atoms with van der Waals surface area (Å²) in [4.78, 5) is 5.75. The van der Waals surface area contributed by atoms with E-state index in [0.29, 0.717) is 0 Å². The van der Waals surface area contributed by atoms with Crippen molar-refractivity contribution < 1.29 is 26.5 Å². The Hall–Kier alpha value is 1.20. The first-order valence-corrected chi connectivity index (χ1v) is 17.5. The van der Waals surface area contributed by atoms with Gasteiger partial charge in [0.2, 0.25) is 0 Å². The van der Waals surface area contributed by atoms with Crippen molar-refractivity contribution in [1.29, 1.82) is 0 Å².